The number of unbranched alkanes of at least 4 members (excludes halogenated alkanes) is 55. The zero-order chi connectivity index (χ0) is 59.2. The molecule has 0 heterocycles. The molecule has 0 N–H and O–H groups in total. The number of carbonyl (C=O) groups is 3. The minimum atomic E-state index is -0.771. The maximum Gasteiger partial charge on any atom is 0.306 e. The summed E-state index contributed by atoms with van der Waals surface area (Å²) in [5.41, 5.74) is 0. The molecule has 0 aromatic rings. The standard InChI is InChI=1S/C76H144O6/c1-4-7-10-13-16-19-22-25-28-31-32-33-34-35-36-37-38-39-40-41-42-43-44-46-48-51-54-57-60-63-66-69-75(78)81-72-73(71-80-74(77)68-65-62-59-56-53-50-47-30-27-24-21-18-15-12-9-6-3)82-76(79)70-67-64-61-58-55-52-49-45-29-26-23-20-17-14-11-8-5-2/h30-32,47,73H,4-29,33-46,48-72H2,1-3H3/b32-31-,47-30-. The monoisotopic (exact) mass is 1150 g/mol. The van der Waals surface area contributed by atoms with E-state index in [0.29, 0.717) is 19.3 Å². The van der Waals surface area contributed by atoms with Crippen molar-refractivity contribution in [3.63, 3.8) is 0 Å². The Hall–Kier alpha value is -2.11. The summed E-state index contributed by atoms with van der Waals surface area (Å²) in [5, 5.41) is 0. The maximum atomic E-state index is 13.0. The van der Waals surface area contributed by atoms with Gasteiger partial charge in [-0.3, -0.25) is 14.4 Å². The van der Waals surface area contributed by atoms with Crippen LogP contribution < -0.4 is 0 Å². The van der Waals surface area contributed by atoms with Gasteiger partial charge in [-0.05, 0) is 70.6 Å². The molecule has 0 aromatic carbocycles. The zero-order valence-electron chi connectivity index (χ0n) is 55.8. The van der Waals surface area contributed by atoms with Gasteiger partial charge in [-0.15, -0.1) is 0 Å². The van der Waals surface area contributed by atoms with Crippen molar-refractivity contribution >= 4 is 17.9 Å². The van der Waals surface area contributed by atoms with Crippen LogP contribution in [0.3, 0.4) is 0 Å². The van der Waals surface area contributed by atoms with E-state index in [4.69, 9.17) is 14.2 Å². The smallest absolute Gasteiger partial charge is 0.306 e. The van der Waals surface area contributed by atoms with E-state index in [1.54, 1.807) is 0 Å². The third-order valence-electron chi connectivity index (χ3n) is 17.2. The number of hydrogen-bond acceptors (Lipinski definition) is 6. The Kier molecular flexibility index (Phi) is 69.5. The highest BCUT2D eigenvalue weighted by Crippen LogP contribution is 2.19. The quantitative estimate of drug-likeness (QED) is 0.0261. The lowest BCUT2D eigenvalue weighted by Crippen LogP contribution is -2.30. The molecule has 0 aromatic heterocycles. The van der Waals surface area contributed by atoms with Gasteiger partial charge >= 0.3 is 17.9 Å². The Balaban J connectivity index is 4.16. The fourth-order valence-corrected chi connectivity index (χ4v) is 11.6. The molecule has 6 nitrogen and oxygen atoms in total. The maximum absolute atomic E-state index is 13.0. The van der Waals surface area contributed by atoms with Crippen LogP contribution in [0.25, 0.3) is 0 Å². The van der Waals surface area contributed by atoms with Crippen LogP contribution in [0.15, 0.2) is 24.3 Å². The van der Waals surface area contributed by atoms with Crippen molar-refractivity contribution in [3.8, 4) is 0 Å². The fraction of sp³-hybridized carbons (Fsp3) is 0.908. The van der Waals surface area contributed by atoms with Crippen LogP contribution >= 0.6 is 0 Å². The average molecular weight is 1150 g/mol. The summed E-state index contributed by atoms with van der Waals surface area (Å²) in [6.07, 6.45) is 88.0. The Morgan fingerprint density at radius 3 is 0.610 bits per heavy atom. The minimum Gasteiger partial charge on any atom is -0.462 e. The summed E-state index contributed by atoms with van der Waals surface area (Å²) in [4.78, 5) is 38.5. The van der Waals surface area contributed by atoms with Crippen LogP contribution in [0.1, 0.15) is 425 Å². The van der Waals surface area contributed by atoms with Crippen molar-refractivity contribution in [1.82, 2.24) is 0 Å². The van der Waals surface area contributed by atoms with Gasteiger partial charge in [0.1, 0.15) is 13.2 Å². The number of esters is 3. The molecule has 0 aliphatic rings. The van der Waals surface area contributed by atoms with E-state index in [-0.39, 0.29) is 31.1 Å². The van der Waals surface area contributed by atoms with Crippen molar-refractivity contribution in [2.24, 2.45) is 0 Å². The first-order valence-corrected chi connectivity index (χ1v) is 37.3. The van der Waals surface area contributed by atoms with Gasteiger partial charge in [0.05, 0.1) is 0 Å². The Labute approximate surface area is 513 Å². The van der Waals surface area contributed by atoms with Gasteiger partial charge in [-0.25, -0.2) is 0 Å². The average Bonchev–Trinajstić information content (AvgIpc) is 3.47. The number of ether oxygens (including phenoxy) is 3. The van der Waals surface area contributed by atoms with E-state index in [1.165, 1.54) is 321 Å². The second-order valence-corrected chi connectivity index (χ2v) is 25.6. The summed E-state index contributed by atoms with van der Waals surface area (Å²) in [6.45, 7) is 6.72. The van der Waals surface area contributed by atoms with Crippen LogP contribution in [0.4, 0.5) is 0 Å². The summed E-state index contributed by atoms with van der Waals surface area (Å²) in [7, 11) is 0. The summed E-state index contributed by atoms with van der Waals surface area (Å²) >= 11 is 0. The normalized spacial score (nSPS) is 12.1. The molecule has 484 valence electrons. The molecule has 0 saturated carbocycles. The zero-order valence-corrected chi connectivity index (χ0v) is 55.8. The largest absolute Gasteiger partial charge is 0.462 e. The molecular formula is C76H144O6. The fourth-order valence-electron chi connectivity index (χ4n) is 11.6. The molecule has 0 rings (SSSR count). The molecule has 0 fully saturated rings. The van der Waals surface area contributed by atoms with Crippen molar-refractivity contribution < 1.29 is 28.6 Å². The molecule has 0 bridgehead atoms. The molecule has 82 heavy (non-hydrogen) atoms. The van der Waals surface area contributed by atoms with Crippen molar-refractivity contribution in [3.05, 3.63) is 24.3 Å². The molecule has 0 spiro atoms. The molecule has 6 heteroatoms. The lowest BCUT2D eigenvalue weighted by atomic mass is 10.0. The number of carbonyl (C=O) groups excluding carboxylic acids is 3. The van der Waals surface area contributed by atoms with Crippen LogP contribution in [0.2, 0.25) is 0 Å². The van der Waals surface area contributed by atoms with Gasteiger partial charge in [-0.2, -0.15) is 0 Å². The van der Waals surface area contributed by atoms with E-state index < -0.39 is 6.10 Å². The van der Waals surface area contributed by atoms with E-state index in [2.05, 4.69) is 45.1 Å². The second kappa shape index (κ2) is 71.4. The number of allylic oxidation sites excluding steroid dienone is 4. The lowest BCUT2D eigenvalue weighted by Gasteiger charge is -2.18. The topological polar surface area (TPSA) is 78.9 Å². The SMILES string of the molecule is CCCCCCCCC/C=C\CCCCCCCC(=O)OCC(COC(=O)CCCCCCCCCCCCCCCCCCCCC/C=C\CCCCCCCCCC)OC(=O)CCCCCCCCCCCCCCCCCCC. The lowest BCUT2D eigenvalue weighted by molar-refractivity contribution is -0.167. The molecule has 0 aliphatic heterocycles. The molecule has 1 unspecified atom stereocenters. The molecule has 0 radical (unpaired) electrons. The Morgan fingerprint density at radius 1 is 0.232 bits per heavy atom. The molecular weight excluding hydrogens is 1010 g/mol. The van der Waals surface area contributed by atoms with Crippen molar-refractivity contribution in [1.29, 1.82) is 0 Å². The van der Waals surface area contributed by atoms with Gasteiger partial charge in [0.15, 0.2) is 6.10 Å². The number of hydrogen-bond donors (Lipinski definition) is 0. The minimum absolute atomic E-state index is 0.0670. The van der Waals surface area contributed by atoms with Gasteiger partial charge in [-0.1, -0.05) is 360 Å². The van der Waals surface area contributed by atoms with Crippen LogP contribution in [0.5, 0.6) is 0 Å². The highest BCUT2D eigenvalue weighted by Gasteiger charge is 2.20. The van der Waals surface area contributed by atoms with Gasteiger partial charge < -0.3 is 14.2 Å². The first kappa shape index (κ1) is 79.9. The molecule has 0 saturated heterocycles. The second-order valence-electron chi connectivity index (χ2n) is 25.6. The van der Waals surface area contributed by atoms with Crippen LogP contribution in [-0.4, -0.2) is 37.2 Å². The summed E-state index contributed by atoms with van der Waals surface area (Å²) in [5.74, 6) is -0.841. The van der Waals surface area contributed by atoms with E-state index in [1.807, 2.05) is 0 Å². The van der Waals surface area contributed by atoms with E-state index >= 15 is 0 Å². The highest BCUT2D eigenvalue weighted by molar-refractivity contribution is 5.71. The van der Waals surface area contributed by atoms with Gasteiger partial charge in [0.25, 0.3) is 0 Å². The molecule has 1 atom stereocenters. The molecule has 0 amide bonds. The van der Waals surface area contributed by atoms with Crippen LogP contribution in [0, 0.1) is 0 Å². The third-order valence-corrected chi connectivity index (χ3v) is 17.2. The van der Waals surface area contributed by atoms with E-state index in [0.717, 1.165) is 64.2 Å². The van der Waals surface area contributed by atoms with Gasteiger partial charge in [0.2, 0.25) is 0 Å². The van der Waals surface area contributed by atoms with Crippen molar-refractivity contribution in [2.45, 2.75) is 431 Å². The summed E-state index contributed by atoms with van der Waals surface area (Å²) < 4.78 is 17.0. The Bertz CT molecular complexity index is 1320. The predicted octanol–water partition coefficient (Wildman–Crippen LogP) is 25.7. The first-order valence-electron chi connectivity index (χ1n) is 37.3. The molecule has 0 aliphatic carbocycles. The van der Waals surface area contributed by atoms with Crippen molar-refractivity contribution in [2.75, 3.05) is 13.2 Å². The predicted molar refractivity (Wildman–Crippen MR) is 358 cm³/mol. The van der Waals surface area contributed by atoms with Crippen LogP contribution in [-0.2, 0) is 28.6 Å². The highest BCUT2D eigenvalue weighted by atomic mass is 16.6. The third kappa shape index (κ3) is 68.7. The van der Waals surface area contributed by atoms with E-state index in [9.17, 15) is 14.4 Å². The van der Waals surface area contributed by atoms with Gasteiger partial charge in [0, 0.05) is 19.3 Å². The number of rotatable bonds is 70. The Morgan fingerprint density at radius 2 is 0.402 bits per heavy atom. The first-order chi connectivity index (χ1) is 40.5. The summed E-state index contributed by atoms with van der Waals surface area (Å²) in [6, 6.07) is 0.